The highest BCUT2D eigenvalue weighted by Gasteiger charge is 2.04. The van der Waals surface area contributed by atoms with Crippen molar-refractivity contribution < 1.29 is 9.90 Å². The predicted molar refractivity (Wildman–Crippen MR) is 60.1 cm³/mol. The van der Waals surface area contributed by atoms with Gasteiger partial charge in [0.15, 0.2) is 5.78 Å². The van der Waals surface area contributed by atoms with Gasteiger partial charge in [-0.15, -0.1) is 0 Å². The Morgan fingerprint density at radius 1 is 1.36 bits per heavy atom. The third-order valence-electron chi connectivity index (χ3n) is 1.77. The fourth-order valence-corrected chi connectivity index (χ4v) is 1.82. The van der Waals surface area contributed by atoms with Crippen molar-refractivity contribution in [3.8, 4) is 5.75 Å². The molecule has 0 aromatic heterocycles. The highest BCUT2D eigenvalue weighted by molar-refractivity contribution is 7.99. The van der Waals surface area contributed by atoms with Crippen LogP contribution in [0.15, 0.2) is 24.3 Å². The molecular weight excluding hydrogens is 196 g/mol. The van der Waals surface area contributed by atoms with E-state index in [0.29, 0.717) is 11.3 Å². The number of ketones is 1. The van der Waals surface area contributed by atoms with Crippen LogP contribution in [0.3, 0.4) is 0 Å². The molecule has 0 radical (unpaired) electrons. The molecule has 0 saturated carbocycles. The zero-order chi connectivity index (χ0) is 10.4. The molecule has 0 unspecified atom stereocenters. The molecule has 1 aromatic rings. The average molecular weight is 210 g/mol. The predicted octanol–water partition coefficient (Wildman–Crippen LogP) is 2.72. The van der Waals surface area contributed by atoms with Gasteiger partial charge in [0.25, 0.3) is 0 Å². The van der Waals surface area contributed by atoms with Gasteiger partial charge in [-0.2, -0.15) is 11.8 Å². The second kappa shape index (κ2) is 5.70. The van der Waals surface area contributed by atoms with Crippen LogP contribution in [-0.2, 0) is 0 Å². The molecule has 76 valence electrons. The molecule has 2 nitrogen and oxygen atoms in total. The van der Waals surface area contributed by atoms with Gasteiger partial charge in [0.05, 0.1) is 5.75 Å². The Hall–Kier alpha value is -0.960. The van der Waals surface area contributed by atoms with Gasteiger partial charge < -0.3 is 5.11 Å². The van der Waals surface area contributed by atoms with E-state index in [9.17, 15) is 4.79 Å². The molecular formula is C11H14O2S. The van der Waals surface area contributed by atoms with Crippen molar-refractivity contribution in [3.63, 3.8) is 0 Å². The highest BCUT2D eigenvalue weighted by Crippen LogP contribution is 2.12. The minimum atomic E-state index is 0.128. The molecule has 1 aromatic carbocycles. The van der Waals surface area contributed by atoms with Crippen molar-refractivity contribution in [3.05, 3.63) is 29.8 Å². The molecule has 3 heteroatoms. The van der Waals surface area contributed by atoms with E-state index in [1.54, 1.807) is 23.9 Å². The molecule has 0 fully saturated rings. The summed E-state index contributed by atoms with van der Waals surface area (Å²) in [4.78, 5) is 11.5. The molecule has 0 amide bonds. The summed E-state index contributed by atoms with van der Waals surface area (Å²) in [5.74, 6) is 1.87. The normalized spacial score (nSPS) is 10.1. The Bertz CT molecular complexity index is 293. The van der Waals surface area contributed by atoms with Crippen molar-refractivity contribution in [2.75, 3.05) is 11.5 Å². The van der Waals surface area contributed by atoms with E-state index in [-0.39, 0.29) is 11.5 Å². The van der Waals surface area contributed by atoms with Gasteiger partial charge in [-0.25, -0.2) is 0 Å². The Kier molecular flexibility index (Phi) is 4.53. The summed E-state index contributed by atoms with van der Waals surface area (Å²) in [6.45, 7) is 2.10. The molecule has 0 aliphatic rings. The number of phenolic OH excluding ortho intramolecular Hbond substituents is 1. The van der Waals surface area contributed by atoms with E-state index in [2.05, 4.69) is 6.92 Å². The van der Waals surface area contributed by atoms with Gasteiger partial charge in [-0.3, -0.25) is 4.79 Å². The first kappa shape index (κ1) is 11.1. The summed E-state index contributed by atoms with van der Waals surface area (Å²) in [5.41, 5.74) is 0.673. The molecule has 14 heavy (non-hydrogen) atoms. The van der Waals surface area contributed by atoms with Gasteiger partial charge in [0.1, 0.15) is 5.75 Å². The first-order valence-corrected chi connectivity index (χ1v) is 5.79. The van der Waals surface area contributed by atoms with Gasteiger partial charge in [0, 0.05) is 5.56 Å². The monoisotopic (exact) mass is 210 g/mol. The number of phenols is 1. The third kappa shape index (κ3) is 3.42. The van der Waals surface area contributed by atoms with Gasteiger partial charge in [-0.05, 0) is 36.4 Å². The van der Waals surface area contributed by atoms with E-state index >= 15 is 0 Å². The Balaban J connectivity index is 2.48. The SMILES string of the molecule is CCCSCC(=O)c1ccc(O)cc1. The van der Waals surface area contributed by atoms with E-state index in [4.69, 9.17) is 5.11 Å². The molecule has 0 bridgehead atoms. The number of benzene rings is 1. The van der Waals surface area contributed by atoms with Gasteiger partial charge >= 0.3 is 0 Å². The number of rotatable bonds is 5. The summed E-state index contributed by atoms with van der Waals surface area (Å²) < 4.78 is 0. The highest BCUT2D eigenvalue weighted by atomic mass is 32.2. The number of aromatic hydroxyl groups is 1. The summed E-state index contributed by atoms with van der Waals surface area (Å²) >= 11 is 1.65. The lowest BCUT2D eigenvalue weighted by atomic mass is 10.1. The number of thioether (sulfide) groups is 1. The van der Waals surface area contributed by atoms with E-state index in [1.807, 2.05) is 0 Å². The second-order valence-corrected chi connectivity index (χ2v) is 4.13. The number of hydrogen-bond donors (Lipinski definition) is 1. The number of carbonyl (C=O) groups excluding carboxylic acids is 1. The number of Topliss-reactive ketones (excluding diaryl/α,β-unsaturated/α-hetero) is 1. The van der Waals surface area contributed by atoms with Crippen LogP contribution in [0.5, 0.6) is 5.75 Å². The average Bonchev–Trinajstić information content (AvgIpc) is 2.19. The Morgan fingerprint density at radius 3 is 2.57 bits per heavy atom. The zero-order valence-electron chi connectivity index (χ0n) is 8.19. The molecule has 0 saturated heterocycles. The van der Waals surface area contributed by atoms with Crippen molar-refractivity contribution in [2.24, 2.45) is 0 Å². The smallest absolute Gasteiger partial charge is 0.172 e. The summed E-state index contributed by atoms with van der Waals surface area (Å²) in [6.07, 6.45) is 1.09. The largest absolute Gasteiger partial charge is 0.508 e. The first-order chi connectivity index (χ1) is 6.74. The lowest BCUT2D eigenvalue weighted by molar-refractivity contribution is 0.102. The summed E-state index contributed by atoms with van der Waals surface area (Å²) in [5, 5.41) is 9.04. The zero-order valence-corrected chi connectivity index (χ0v) is 9.01. The van der Waals surface area contributed by atoms with Crippen LogP contribution in [0.25, 0.3) is 0 Å². The van der Waals surface area contributed by atoms with E-state index < -0.39 is 0 Å². The fourth-order valence-electron chi connectivity index (χ4n) is 1.04. The molecule has 1 rings (SSSR count). The van der Waals surface area contributed by atoms with Crippen LogP contribution >= 0.6 is 11.8 Å². The number of hydrogen-bond acceptors (Lipinski definition) is 3. The van der Waals surface area contributed by atoms with Crippen LogP contribution in [0, 0.1) is 0 Å². The summed E-state index contributed by atoms with van der Waals surface area (Å²) in [6, 6.07) is 6.39. The van der Waals surface area contributed by atoms with Crippen LogP contribution in [0.4, 0.5) is 0 Å². The van der Waals surface area contributed by atoms with Crippen LogP contribution in [-0.4, -0.2) is 22.4 Å². The molecule has 0 aliphatic carbocycles. The standard InChI is InChI=1S/C11H14O2S/c1-2-7-14-8-11(13)9-3-5-10(12)6-4-9/h3-6,12H,2,7-8H2,1H3. The lowest BCUT2D eigenvalue weighted by Crippen LogP contribution is -2.02. The van der Waals surface area contributed by atoms with Crippen LogP contribution in [0.1, 0.15) is 23.7 Å². The quantitative estimate of drug-likeness (QED) is 0.599. The van der Waals surface area contributed by atoms with Gasteiger partial charge in [-0.1, -0.05) is 6.92 Å². The van der Waals surface area contributed by atoms with E-state index in [1.165, 1.54) is 12.1 Å². The Labute approximate surface area is 88.3 Å². The number of carbonyl (C=O) groups is 1. The molecule has 0 aliphatic heterocycles. The van der Waals surface area contributed by atoms with Crippen molar-refractivity contribution in [1.29, 1.82) is 0 Å². The van der Waals surface area contributed by atoms with Crippen molar-refractivity contribution in [1.82, 2.24) is 0 Å². The van der Waals surface area contributed by atoms with Crippen LogP contribution < -0.4 is 0 Å². The topological polar surface area (TPSA) is 37.3 Å². The summed E-state index contributed by atoms with van der Waals surface area (Å²) in [7, 11) is 0. The van der Waals surface area contributed by atoms with Gasteiger partial charge in [0.2, 0.25) is 0 Å². The maximum absolute atomic E-state index is 11.5. The minimum absolute atomic E-state index is 0.128. The van der Waals surface area contributed by atoms with Crippen molar-refractivity contribution in [2.45, 2.75) is 13.3 Å². The maximum Gasteiger partial charge on any atom is 0.172 e. The molecule has 0 atom stereocenters. The fraction of sp³-hybridized carbons (Fsp3) is 0.364. The maximum atomic E-state index is 11.5. The van der Waals surface area contributed by atoms with Crippen LogP contribution in [0.2, 0.25) is 0 Å². The first-order valence-electron chi connectivity index (χ1n) is 4.64. The molecule has 0 heterocycles. The minimum Gasteiger partial charge on any atom is -0.508 e. The second-order valence-electron chi connectivity index (χ2n) is 3.02. The lowest BCUT2D eigenvalue weighted by Gasteiger charge is -2.00. The molecule has 0 spiro atoms. The van der Waals surface area contributed by atoms with Crippen molar-refractivity contribution >= 4 is 17.5 Å². The van der Waals surface area contributed by atoms with E-state index in [0.717, 1.165) is 12.2 Å². The molecule has 1 N–H and O–H groups in total. The Morgan fingerprint density at radius 2 is 2.00 bits per heavy atom. The third-order valence-corrected chi connectivity index (χ3v) is 2.93.